The molecule has 6 nitrogen and oxygen atoms in total. The van der Waals surface area contributed by atoms with Gasteiger partial charge in [0.05, 0.1) is 13.0 Å². The van der Waals surface area contributed by atoms with Gasteiger partial charge in [-0.25, -0.2) is 0 Å². The van der Waals surface area contributed by atoms with Gasteiger partial charge in [0.2, 0.25) is 11.8 Å². The van der Waals surface area contributed by atoms with Gasteiger partial charge in [-0.1, -0.05) is 24.3 Å². The summed E-state index contributed by atoms with van der Waals surface area (Å²) in [4.78, 5) is 27.4. The largest absolute Gasteiger partial charge is 0.493 e. The van der Waals surface area contributed by atoms with Crippen LogP contribution in [0.2, 0.25) is 0 Å². The van der Waals surface area contributed by atoms with Crippen molar-refractivity contribution in [1.29, 1.82) is 0 Å². The number of benzene rings is 2. The molecule has 2 aliphatic rings. The van der Waals surface area contributed by atoms with Crippen molar-refractivity contribution in [2.45, 2.75) is 44.4 Å². The standard InChI is InChI=1S/C22H22F2N2O4/c1-29-19-10-13(6-9-18(19)30-22(23)24)12-26(14-7-8-14)21(28)16-11-20(27)25-17-5-3-2-4-15(16)17/h2-6,9-10,14,16,22H,7-8,11-12H2,1H3,(H,25,27). The van der Waals surface area contributed by atoms with Crippen LogP contribution in [0.5, 0.6) is 11.5 Å². The second-order valence-corrected chi connectivity index (χ2v) is 7.45. The molecule has 0 aromatic heterocycles. The van der Waals surface area contributed by atoms with E-state index in [-0.39, 0.29) is 35.8 Å². The maximum atomic E-state index is 13.5. The van der Waals surface area contributed by atoms with E-state index in [1.54, 1.807) is 23.1 Å². The van der Waals surface area contributed by atoms with Crippen LogP contribution in [0.1, 0.15) is 36.3 Å². The Balaban J connectivity index is 1.58. The first-order valence-electron chi connectivity index (χ1n) is 9.77. The summed E-state index contributed by atoms with van der Waals surface area (Å²) >= 11 is 0. The number of hydrogen-bond donors (Lipinski definition) is 1. The van der Waals surface area contributed by atoms with Crippen molar-refractivity contribution in [3.8, 4) is 11.5 Å². The number of halogens is 2. The van der Waals surface area contributed by atoms with Crippen LogP contribution >= 0.6 is 0 Å². The first kappa shape index (κ1) is 20.1. The maximum Gasteiger partial charge on any atom is 0.387 e. The van der Waals surface area contributed by atoms with E-state index in [1.165, 1.54) is 13.2 Å². The van der Waals surface area contributed by atoms with Crippen molar-refractivity contribution >= 4 is 17.5 Å². The lowest BCUT2D eigenvalue weighted by Gasteiger charge is -2.31. The number of carbonyl (C=O) groups is 2. The van der Waals surface area contributed by atoms with E-state index < -0.39 is 12.5 Å². The molecule has 0 bridgehead atoms. The molecule has 30 heavy (non-hydrogen) atoms. The molecule has 8 heteroatoms. The lowest BCUT2D eigenvalue weighted by molar-refractivity contribution is -0.136. The Hall–Kier alpha value is -3.16. The lowest BCUT2D eigenvalue weighted by atomic mass is 9.89. The van der Waals surface area contributed by atoms with Gasteiger partial charge in [-0.3, -0.25) is 9.59 Å². The minimum Gasteiger partial charge on any atom is -0.493 e. The number of rotatable bonds is 7. The van der Waals surface area contributed by atoms with Crippen LogP contribution in [0, 0.1) is 0 Å². The van der Waals surface area contributed by atoms with E-state index in [2.05, 4.69) is 10.1 Å². The van der Waals surface area contributed by atoms with E-state index in [1.807, 2.05) is 18.2 Å². The molecule has 0 spiro atoms. The number of para-hydroxylation sites is 1. The maximum absolute atomic E-state index is 13.5. The van der Waals surface area contributed by atoms with Crippen LogP contribution in [-0.4, -0.2) is 36.5 Å². The minimum absolute atomic E-state index is 0.0570. The lowest BCUT2D eigenvalue weighted by Crippen LogP contribution is -2.39. The zero-order valence-electron chi connectivity index (χ0n) is 16.4. The van der Waals surface area contributed by atoms with Crippen molar-refractivity contribution in [3.63, 3.8) is 0 Å². The highest BCUT2D eigenvalue weighted by atomic mass is 19.3. The van der Waals surface area contributed by atoms with E-state index in [9.17, 15) is 18.4 Å². The van der Waals surface area contributed by atoms with Crippen molar-refractivity contribution in [3.05, 3.63) is 53.6 Å². The molecule has 2 aromatic carbocycles. The summed E-state index contributed by atoms with van der Waals surface area (Å²) in [5.41, 5.74) is 2.21. The molecule has 1 fully saturated rings. The molecule has 0 radical (unpaired) electrons. The molecule has 2 aromatic rings. The molecule has 1 unspecified atom stereocenters. The Labute approximate surface area is 172 Å². The highest BCUT2D eigenvalue weighted by Crippen LogP contribution is 2.38. The summed E-state index contributed by atoms with van der Waals surface area (Å²) < 4.78 is 34.8. The third-order valence-electron chi connectivity index (χ3n) is 5.37. The first-order chi connectivity index (χ1) is 14.5. The fourth-order valence-corrected chi connectivity index (χ4v) is 3.81. The van der Waals surface area contributed by atoms with Gasteiger partial charge in [0.1, 0.15) is 0 Å². The van der Waals surface area contributed by atoms with Crippen molar-refractivity contribution in [2.24, 2.45) is 0 Å². The molecule has 1 saturated carbocycles. The van der Waals surface area contributed by atoms with Gasteiger partial charge in [-0.2, -0.15) is 8.78 Å². The van der Waals surface area contributed by atoms with E-state index >= 15 is 0 Å². The van der Waals surface area contributed by atoms with Crippen LogP contribution in [0.3, 0.4) is 0 Å². The molecule has 4 rings (SSSR count). The predicted molar refractivity (Wildman–Crippen MR) is 106 cm³/mol. The zero-order chi connectivity index (χ0) is 21.3. The average molecular weight is 416 g/mol. The van der Waals surface area contributed by atoms with Gasteiger partial charge < -0.3 is 19.7 Å². The second kappa shape index (κ2) is 8.30. The van der Waals surface area contributed by atoms with Crippen LogP contribution in [0.4, 0.5) is 14.5 Å². The van der Waals surface area contributed by atoms with Crippen LogP contribution in [0.25, 0.3) is 0 Å². The Bertz CT molecular complexity index is 962. The van der Waals surface area contributed by atoms with Crippen molar-refractivity contribution in [1.82, 2.24) is 4.90 Å². The fourth-order valence-electron chi connectivity index (χ4n) is 3.81. The Kier molecular flexibility index (Phi) is 5.57. The molecule has 0 saturated heterocycles. The van der Waals surface area contributed by atoms with E-state index in [4.69, 9.17) is 4.74 Å². The molecule has 1 N–H and O–H groups in total. The Morgan fingerprint density at radius 1 is 1.20 bits per heavy atom. The molecule has 1 aliphatic heterocycles. The summed E-state index contributed by atoms with van der Waals surface area (Å²) in [5.74, 6) is -0.708. The number of methoxy groups -OCH3 is 1. The third kappa shape index (κ3) is 4.22. The summed E-state index contributed by atoms with van der Waals surface area (Å²) in [7, 11) is 1.37. The van der Waals surface area contributed by atoms with E-state index in [0.29, 0.717) is 12.2 Å². The third-order valence-corrected chi connectivity index (χ3v) is 5.37. The predicted octanol–water partition coefficient (Wildman–Crippen LogP) is 3.91. The van der Waals surface area contributed by atoms with Gasteiger partial charge in [-0.05, 0) is 42.2 Å². The monoisotopic (exact) mass is 416 g/mol. The van der Waals surface area contributed by atoms with Crippen LogP contribution in [-0.2, 0) is 16.1 Å². The molecular formula is C22H22F2N2O4. The molecule has 1 atom stereocenters. The molecule has 158 valence electrons. The summed E-state index contributed by atoms with van der Waals surface area (Å²) in [6, 6.07) is 12.1. The number of hydrogen-bond acceptors (Lipinski definition) is 4. The molecule has 2 amide bonds. The highest BCUT2D eigenvalue weighted by molar-refractivity contribution is 6.01. The molecular weight excluding hydrogens is 394 g/mol. The quantitative estimate of drug-likeness (QED) is 0.743. The Morgan fingerprint density at radius 3 is 2.67 bits per heavy atom. The van der Waals surface area contributed by atoms with Gasteiger partial charge in [0.15, 0.2) is 11.5 Å². The number of ether oxygens (including phenoxy) is 2. The smallest absolute Gasteiger partial charge is 0.387 e. The van der Waals surface area contributed by atoms with Gasteiger partial charge in [0.25, 0.3) is 0 Å². The highest BCUT2D eigenvalue weighted by Gasteiger charge is 2.39. The van der Waals surface area contributed by atoms with E-state index in [0.717, 1.165) is 24.0 Å². The number of fused-ring (bicyclic) bond motifs is 1. The normalized spacial score (nSPS) is 17.9. The molecule has 1 heterocycles. The van der Waals surface area contributed by atoms with Gasteiger partial charge in [-0.15, -0.1) is 0 Å². The Morgan fingerprint density at radius 2 is 1.97 bits per heavy atom. The number of carbonyl (C=O) groups excluding carboxylic acids is 2. The summed E-state index contributed by atoms with van der Waals surface area (Å²) in [6.07, 6.45) is 1.90. The topological polar surface area (TPSA) is 67.9 Å². The first-order valence-corrected chi connectivity index (χ1v) is 9.77. The number of amides is 2. The molecule has 1 aliphatic carbocycles. The summed E-state index contributed by atoms with van der Waals surface area (Å²) in [6.45, 7) is -2.65. The average Bonchev–Trinajstić information content (AvgIpc) is 3.56. The van der Waals surface area contributed by atoms with Crippen molar-refractivity contribution in [2.75, 3.05) is 12.4 Å². The minimum atomic E-state index is -2.95. The SMILES string of the molecule is COc1cc(CN(C(=O)C2CC(=O)Nc3ccccc32)C2CC2)ccc1OC(F)F. The number of nitrogens with zero attached hydrogens (tertiary/aromatic N) is 1. The van der Waals surface area contributed by atoms with Crippen LogP contribution in [0.15, 0.2) is 42.5 Å². The second-order valence-electron chi connectivity index (χ2n) is 7.45. The summed E-state index contributed by atoms with van der Waals surface area (Å²) in [5, 5.41) is 2.81. The number of anilines is 1. The number of nitrogens with one attached hydrogen (secondary N) is 1. The van der Waals surface area contributed by atoms with Crippen LogP contribution < -0.4 is 14.8 Å². The van der Waals surface area contributed by atoms with Crippen molar-refractivity contribution < 1.29 is 27.8 Å². The van der Waals surface area contributed by atoms with Gasteiger partial charge in [0, 0.05) is 24.7 Å². The fraction of sp³-hybridized carbons (Fsp3) is 0.364. The number of alkyl halides is 2. The van der Waals surface area contributed by atoms with Gasteiger partial charge >= 0.3 is 6.61 Å². The zero-order valence-corrected chi connectivity index (χ0v) is 16.4.